The van der Waals surface area contributed by atoms with Gasteiger partial charge in [0.2, 0.25) is 10.0 Å². The largest absolute Gasteiger partial charge is 0.347 e. The summed E-state index contributed by atoms with van der Waals surface area (Å²) in [7, 11) is -6.86. The molecule has 11 heteroatoms. The molecule has 8 nitrogen and oxygen atoms in total. The average Bonchev–Trinajstić information content (AvgIpc) is 3.34. The minimum Gasteiger partial charge on any atom is -0.347 e. The molecule has 4 aromatic rings. The van der Waals surface area contributed by atoms with Gasteiger partial charge in [-0.1, -0.05) is 60.7 Å². The van der Waals surface area contributed by atoms with Crippen LogP contribution in [0.15, 0.2) is 71.6 Å². The highest BCUT2D eigenvalue weighted by atomic mass is 32.2. The van der Waals surface area contributed by atoms with Gasteiger partial charge < -0.3 is 5.32 Å². The van der Waals surface area contributed by atoms with Gasteiger partial charge >= 0.3 is 0 Å². The quantitative estimate of drug-likeness (QED) is 0.322. The lowest BCUT2D eigenvalue weighted by molar-refractivity contribution is 0.0934. The first kappa shape index (κ1) is 28.4. The zero-order valence-corrected chi connectivity index (χ0v) is 24.9. The molecule has 0 aliphatic carbocycles. The molecule has 1 fully saturated rings. The first-order valence-corrected chi connectivity index (χ1v) is 17.1. The van der Waals surface area contributed by atoms with E-state index in [4.69, 9.17) is 4.98 Å². The Morgan fingerprint density at radius 3 is 2.20 bits per heavy atom. The molecule has 2 heterocycles. The van der Waals surface area contributed by atoms with Gasteiger partial charge in [0.1, 0.15) is 9.84 Å². The SMILES string of the molecule is CC(C)(C)NS(=O)(=O)c1ccc(-c2sc(C(=O)NC3CCS(=O)(=O)CC3)nc2-c2ccccc2)c2ccccc12. The number of nitrogens with zero attached hydrogens (tertiary/aromatic N) is 1. The molecular formula is C29H31N3O5S3. The van der Waals surface area contributed by atoms with E-state index in [1.165, 1.54) is 11.3 Å². The monoisotopic (exact) mass is 597 g/mol. The van der Waals surface area contributed by atoms with Crippen LogP contribution in [0.3, 0.4) is 0 Å². The molecule has 1 saturated heterocycles. The van der Waals surface area contributed by atoms with Gasteiger partial charge in [0, 0.05) is 28.1 Å². The van der Waals surface area contributed by atoms with E-state index < -0.39 is 25.4 Å². The third-order valence-corrected chi connectivity index (χ3v) is 11.2. The molecule has 1 aromatic heterocycles. The third kappa shape index (κ3) is 6.12. The number of sulfone groups is 1. The fourth-order valence-electron chi connectivity index (χ4n) is 4.83. The summed E-state index contributed by atoms with van der Waals surface area (Å²) in [6.45, 7) is 5.39. The predicted octanol–water partition coefficient (Wildman–Crippen LogP) is 5.01. The van der Waals surface area contributed by atoms with Crippen molar-refractivity contribution in [3.8, 4) is 21.7 Å². The van der Waals surface area contributed by atoms with Crippen molar-refractivity contribution in [2.45, 2.75) is 50.1 Å². The third-order valence-electron chi connectivity index (χ3n) is 6.62. The van der Waals surface area contributed by atoms with E-state index >= 15 is 0 Å². The van der Waals surface area contributed by atoms with E-state index in [0.717, 1.165) is 21.4 Å². The summed E-state index contributed by atoms with van der Waals surface area (Å²) in [5.41, 5.74) is 1.56. The predicted molar refractivity (Wildman–Crippen MR) is 160 cm³/mol. The minimum absolute atomic E-state index is 0.0572. The van der Waals surface area contributed by atoms with E-state index in [1.807, 2.05) is 42.5 Å². The van der Waals surface area contributed by atoms with Crippen molar-refractivity contribution in [1.82, 2.24) is 15.0 Å². The highest BCUT2D eigenvalue weighted by Crippen LogP contribution is 2.41. The summed E-state index contributed by atoms with van der Waals surface area (Å²) in [6, 6.07) is 20.0. The molecule has 0 unspecified atom stereocenters. The summed E-state index contributed by atoms with van der Waals surface area (Å²) >= 11 is 1.24. The Kier molecular flexibility index (Phi) is 7.60. The van der Waals surface area contributed by atoms with Crippen LogP contribution in [0.5, 0.6) is 0 Å². The number of carbonyl (C=O) groups is 1. The average molecular weight is 598 g/mol. The second-order valence-electron chi connectivity index (χ2n) is 11.0. The van der Waals surface area contributed by atoms with Crippen LogP contribution in [0.25, 0.3) is 32.5 Å². The summed E-state index contributed by atoms with van der Waals surface area (Å²) in [6.07, 6.45) is 0.752. The Morgan fingerprint density at radius 2 is 1.55 bits per heavy atom. The Hall–Kier alpha value is -3.12. The maximum atomic E-state index is 13.3. The molecule has 0 radical (unpaired) electrons. The molecule has 210 valence electrons. The fraction of sp³-hybridized carbons (Fsp3) is 0.310. The minimum atomic E-state index is -3.81. The molecule has 40 heavy (non-hydrogen) atoms. The highest BCUT2D eigenvalue weighted by molar-refractivity contribution is 7.91. The van der Waals surface area contributed by atoms with Crippen LogP contribution in [-0.4, -0.2) is 50.8 Å². The zero-order valence-electron chi connectivity index (χ0n) is 22.5. The van der Waals surface area contributed by atoms with E-state index in [-0.39, 0.29) is 33.4 Å². The Labute approximate surface area is 238 Å². The topological polar surface area (TPSA) is 122 Å². The molecule has 1 aliphatic rings. The maximum Gasteiger partial charge on any atom is 0.280 e. The number of benzene rings is 3. The molecule has 0 atom stereocenters. The summed E-state index contributed by atoms with van der Waals surface area (Å²) in [4.78, 5) is 18.9. The number of thiazole rings is 1. The first-order chi connectivity index (χ1) is 18.8. The fourth-order valence-corrected chi connectivity index (χ4v) is 8.99. The Balaban J connectivity index is 1.60. The van der Waals surface area contributed by atoms with Gasteiger partial charge in [-0.3, -0.25) is 4.79 Å². The van der Waals surface area contributed by atoms with Crippen molar-refractivity contribution in [1.29, 1.82) is 0 Å². The molecule has 1 aliphatic heterocycles. The van der Waals surface area contributed by atoms with Gasteiger partial charge in [-0.05, 0) is 45.1 Å². The number of sulfonamides is 1. The van der Waals surface area contributed by atoms with Gasteiger partial charge in [0.05, 0.1) is 27.0 Å². The van der Waals surface area contributed by atoms with Crippen molar-refractivity contribution < 1.29 is 21.6 Å². The van der Waals surface area contributed by atoms with Gasteiger partial charge in [0.25, 0.3) is 5.91 Å². The second-order valence-corrected chi connectivity index (χ2v) is 15.9. The van der Waals surface area contributed by atoms with Crippen LogP contribution in [0.4, 0.5) is 0 Å². The lowest BCUT2D eigenvalue weighted by Gasteiger charge is -2.22. The molecule has 0 saturated carbocycles. The van der Waals surface area contributed by atoms with E-state index in [0.29, 0.717) is 23.9 Å². The molecule has 0 bridgehead atoms. The summed E-state index contributed by atoms with van der Waals surface area (Å²) < 4.78 is 53.0. The van der Waals surface area contributed by atoms with Crippen LogP contribution in [0.2, 0.25) is 0 Å². The van der Waals surface area contributed by atoms with Crippen molar-refractivity contribution >= 4 is 47.9 Å². The van der Waals surface area contributed by atoms with Gasteiger partial charge in [-0.25, -0.2) is 26.5 Å². The van der Waals surface area contributed by atoms with Gasteiger partial charge in [-0.15, -0.1) is 11.3 Å². The van der Waals surface area contributed by atoms with Crippen LogP contribution in [0.1, 0.15) is 43.4 Å². The summed E-state index contributed by atoms with van der Waals surface area (Å²) in [5.74, 6) is -0.237. The number of carbonyl (C=O) groups excluding carboxylic acids is 1. The standard InChI is InChI=1S/C29H31N3O5S3/c1-29(2,3)32-40(36,37)24-14-13-23(21-11-7-8-12-22(21)24)26-25(19-9-5-4-6-10-19)31-28(38-26)27(33)30-20-15-17-39(34,35)18-16-20/h4-14,20,32H,15-18H2,1-3H3,(H,30,33). The van der Waals surface area contributed by atoms with Crippen LogP contribution in [0, 0.1) is 0 Å². The lowest BCUT2D eigenvalue weighted by Crippen LogP contribution is -2.40. The number of hydrogen-bond acceptors (Lipinski definition) is 7. The zero-order chi connectivity index (χ0) is 28.7. The number of fused-ring (bicyclic) bond motifs is 1. The number of rotatable bonds is 6. The van der Waals surface area contributed by atoms with E-state index in [1.54, 1.807) is 45.0 Å². The maximum absolute atomic E-state index is 13.3. The van der Waals surface area contributed by atoms with Gasteiger partial charge in [0.15, 0.2) is 5.01 Å². The number of nitrogens with one attached hydrogen (secondary N) is 2. The van der Waals surface area contributed by atoms with Crippen molar-refractivity contribution in [2.24, 2.45) is 0 Å². The van der Waals surface area contributed by atoms with Crippen molar-refractivity contribution in [3.05, 3.63) is 71.7 Å². The van der Waals surface area contributed by atoms with Crippen LogP contribution < -0.4 is 10.0 Å². The Bertz CT molecular complexity index is 1780. The molecule has 3 aromatic carbocycles. The van der Waals surface area contributed by atoms with Crippen molar-refractivity contribution in [2.75, 3.05) is 11.5 Å². The van der Waals surface area contributed by atoms with E-state index in [9.17, 15) is 21.6 Å². The second kappa shape index (κ2) is 10.7. The normalized spacial score (nSPS) is 16.2. The highest BCUT2D eigenvalue weighted by Gasteiger charge is 2.28. The first-order valence-electron chi connectivity index (χ1n) is 13.0. The van der Waals surface area contributed by atoms with Crippen LogP contribution in [-0.2, 0) is 19.9 Å². The molecule has 1 amide bonds. The lowest BCUT2D eigenvalue weighted by atomic mass is 10.0. The van der Waals surface area contributed by atoms with Crippen LogP contribution >= 0.6 is 11.3 Å². The van der Waals surface area contributed by atoms with E-state index in [2.05, 4.69) is 10.0 Å². The Morgan fingerprint density at radius 1 is 0.925 bits per heavy atom. The smallest absolute Gasteiger partial charge is 0.280 e. The summed E-state index contributed by atoms with van der Waals surface area (Å²) in [5, 5.41) is 4.52. The molecule has 2 N–H and O–H groups in total. The number of aromatic nitrogens is 1. The molecule has 0 spiro atoms. The number of amides is 1. The number of hydrogen-bond donors (Lipinski definition) is 2. The molecule has 5 rings (SSSR count). The van der Waals surface area contributed by atoms with Crippen molar-refractivity contribution in [3.63, 3.8) is 0 Å². The van der Waals surface area contributed by atoms with Gasteiger partial charge in [-0.2, -0.15) is 0 Å². The molecular weight excluding hydrogens is 567 g/mol.